The lowest BCUT2D eigenvalue weighted by Gasteiger charge is -2.27. The van der Waals surface area contributed by atoms with Crippen LogP contribution in [0.3, 0.4) is 0 Å². The van der Waals surface area contributed by atoms with E-state index in [2.05, 4.69) is 5.32 Å². The Morgan fingerprint density at radius 3 is 2.69 bits per heavy atom. The lowest BCUT2D eigenvalue weighted by atomic mass is 10.1. The van der Waals surface area contributed by atoms with Crippen molar-refractivity contribution in [2.24, 2.45) is 5.92 Å². The third-order valence-electron chi connectivity index (χ3n) is 7.33. The van der Waals surface area contributed by atoms with Crippen LogP contribution < -0.4 is 5.32 Å². The Labute approximate surface area is 230 Å². The smallest absolute Gasteiger partial charge is 0.409 e. The van der Waals surface area contributed by atoms with Crippen LogP contribution in [0.15, 0.2) is 42.6 Å². The summed E-state index contributed by atoms with van der Waals surface area (Å²) >= 11 is 5.80. The summed E-state index contributed by atoms with van der Waals surface area (Å²) in [4.78, 5) is 41.7. The van der Waals surface area contributed by atoms with Gasteiger partial charge in [0.2, 0.25) is 5.91 Å². The van der Waals surface area contributed by atoms with Crippen molar-refractivity contribution < 1.29 is 23.5 Å². The summed E-state index contributed by atoms with van der Waals surface area (Å²) in [7, 11) is 3.55. The first-order chi connectivity index (χ1) is 18.5. The summed E-state index contributed by atoms with van der Waals surface area (Å²) in [6.07, 6.45) is 1.57. The van der Waals surface area contributed by atoms with Crippen molar-refractivity contribution in [2.75, 3.05) is 14.1 Å². The fourth-order valence-electron chi connectivity index (χ4n) is 5.22. The maximum Gasteiger partial charge on any atom is 0.409 e. The Bertz CT molecular complexity index is 1500. The average Bonchev–Trinajstić information content (AvgIpc) is 3.40. The van der Waals surface area contributed by atoms with Crippen LogP contribution in [-0.4, -0.2) is 64.4 Å². The molecule has 0 bridgehead atoms. The molecule has 1 saturated heterocycles. The predicted molar refractivity (Wildman–Crippen MR) is 144 cm³/mol. The van der Waals surface area contributed by atoms with Crippen LogP contribution in [0.4, 0.5) is 9.18 Å². The highest BCUT2D eigenvalue weighted by molar-refractivity contribution is 6.30. The van der Waals surface area contributed by atoms with E-state index in [9.17, 15) is 18.8 Å². The van der Waals surface area contributed by atoms with Crippen molar-refractivity contribution in [3.63, 3.8) is 0 Å². The predicted octanol–water partition coefficient (Wildman–Crippen LogP) is 4.40. The molecule has 1 aromatic heterocycles. The van der Waals surface area contributed by atoms with Crippen molar-refractivity contribution in [1.82, 2.24) is 19.7 Å². The van der Waals surface area contributed by atoms with Crippen LogP contribution in [0.2, 0.25) is 5.02 Å². The third-order valence-corrected chi connectivity index (χ3v) is 7.62. The van der Waals surface area contributed by atoms with Gasteiger partial charge in [-0.05, 0) is 43.5 Å². The van der Waals surface area contributed by atoms with Gasteiger partial charge in [0.15, 0.2) is 12.0 Å². The second-order valence-corrected chi connectivity index (χ2v) is 10.6. The molecule has 3 atom stereocenters. The van der Waals surface area contributed by atoms with Crippen molar-refractivity contribution >= 4 is 46.1 Å². The van der Waals surface area contributed by atoms with Gasteiger partial charge in [0.1, 0.15) is 18.2 Å². The zero-order valence-corrected chi connectivity index (χ0v) is 22.6. The number of amidine groups is 1. The number of halogens is 2. The second-order valence-electron chi connectivity index (χ2n) is 10.2. The topological polar surface area (TPSA) is 108 Å². The minimum absolute atomic E-state index is 0.00180. The fourth-order valence-corrected chi connectivity index (χ4v) is 5.42. The molecule has 9 nitrogen and oxygen atoms in total. The molecule has 39 heavy (non-hydrogen) atoms. The number of aromatic nitrogens is 1. The van der Waals surface area contributed by atoms with E-state index in [0.29, 0.717) is 34.3 Å². The van der Waals surface area contributed by atoms with Gasteiger partial charge in [-0.15, -0.1) is 0 Å². The SMILES string of the molecule is CC(=O)c1cn(CC(=O)N2[C@@H](OC(=O)NCc3cccc(Cl)c3F)C[C@H]3C[C@H]32)c2ccc(C(=N)N(C)C)cc12. The van der Waals surface area contributed by atoms with Gasteiger partial charge in [0.05, 0.1) is 5.02 Å². The number of amides is 2. The van der Waals surface area contributed by atoms with E-state index in [1.807, 2.05) is 6.07 Å². The molecule has 0 unspecified atom stereocenters. The normalized spacial score (nSPS) is 19.5. The van der Waals surface area contributed by atoms with E-state index in [0.717, 1.165) is 6.42 Å². The molecule has 2 heterocycles. The van der Waals surface area contributed by atoms with Crippen molar-refractivity contribution in [2.45, 2.75) is 45.1 Å². The standard InChI is InChI=1S/C28H29ClFN5O4/c1-15(36)20-13-34(22-8-7-16(9-19(20)22)27(31)33(2)3)14-24(37)35-23-10-18(23)11-25(35)39-28(38)32-12-17-5-4-6-21(29)26(17)30/h4-9,13,18,23,25,31H,10-12,14H2,1-3H3,(H,32,38)/t18-,23-,25+/m1/s1. The molecule has 11 heteroatoms. The zero-order valence-electron chi connectivity index (χ0n) is 21.8. The van der Waals surface area contributed by atoms with Gasteiger partial charge in [-0.3, -0.25) is 15.0 Å². The first-order valence-corrected chi connectivity index (χ1v) is 13.0. The van der Waals surface area contributed by atoms with Crippen LogP contribution >= 0.6 is 11.6 Å². The molecule has 2 amide bonds. The number of alkyl carbamates (subject to hydrolysis) is 1. The van der Waals surface area contributed by atoms with Crippen molar-refractivity contribution in [1.29, 1.82) is 5.41 Å². The molecular formula is C28H29ClFN5O4. The Kier molecular flexibility index (Phi) is 7.07. The molecule has 1 aliphatic carbocycles. The van der Waals surface area contributed by atoms with Gasteiger partial charge in [-0.2, -0.15) is 0 Å². The molecule has 0 spiro atoms. The Balaban J connectivity index is 1.31. The minimum atomic E-state index is -0.750. The quantitative estimate of drug-likeness (QED) is 0.256. The number of hydrogen-bond acceptors (Lipinski definition) is 5. The third kappa shape index (κ3) is 5.21. The number of carbonyl (C=O) groups is 3. The number of hydrogen-bond donors (Lipinski definition) is 2. The largest absolute Gasteiger partial charge is 0.425 e. The van der Waals surface area contributed by atoms with E-state index in [1.165, 1.54) is 19.1 Å². The van der Waals surface area contributed by atoms with Crippen LogP contribution in [0.5, 0.6) is 0 Å². The molecular weight excluding hydrogens is 525 g/mol. The maximum atomic E-state index is 14.1. The van der Waals surface area contributed by atoms with Crippen LogP contribution in [0.25, 0.3) is 10.9 Å². The van der Waals surface area contributed by atoms with E-state index in [4.69, 9.17) is 21.7 Å². The summed E-state index contributed by atoms with van der Waals surface area (Å²) in [6, 6.07) is 9.93. The molecule has 5 rings (SSSR count). The number of Topliss-reactive ketones (excluding diaryl/α,β-unsaturated/α-hetero) is 1. The number of rotatable bonds is 7. The summed E-state index contributed by atoms with van der Waals surface area (Å²) in [5.41, 5.74) is 2.06. The first-order valence-electron chi connectivity index (χ1n) is 12.6. The highest BCUT2D eigenvalue weighted by atomic mass is 35.5. The van der Waals surface area contributed by atoms with Gasteiger partial charge < -0.3 is 24.4 Å². The number of fused-ring (bicyclic) bond motifs is 2. The van der Waals surface area contributed by atoms with Crippen LogP contribution in [0.1, 0.15) is 41.3 Å². The molecule has 2 fully saturated rings. The summed E-state index contributed by atoms with van der Waals surface area (Å²) < 4.78 is 21.4. The number of ketones is 1. The number of ether oxygens (including phenoxy) is 1. The van der Waals surface area contributed by atoms with Gasteiger partial charge in [-0.1, -0.05) is 23.7 Å². The first kappa shape index (κ1) is 26.7. The maximum absolute atomic E-state index is 14.1. The molecule has 2 aliphatic rings. The van der Waals surface area contributed by atoms with Gasteiger partial charge in [-0.25, -0.2) is 9.18 Å². The van der Waals surface area contributed by atoms with Crippen LogP contribution in [-0.2, 0) is 22.6 Å². The number of benzene rings is 2. The summed E-state index contributed by atoms with van der Waals surface area (Å²) in [5, 5.41) is 11.4. The Morgan fingerprint density at radius 1 is 1.21 bits per heavy atom. The number of nitrogens with one attached hydrogen (secondary N) is 2. The fraction of sp³-hybridized carbons (Fsp3) is 0.357. The van der Waals surface area contributed by atoms with E-state index in [1.54, 1.807) is 52.9 Å². The number of likely N-dealkylation sites (tertiary alicyclic amines) is 1. The average molecular weight is 554 g/mol. The number of carbonyl (C=O) groups excluding carboxylic acids is 3. The summed E-state index contributed by atoms with van der Waals surface area (Å²) in [6.45, 7) is 1.33. The summed E-state index contributed by atoms with van der Waals surface area (Å²) in [5.74, 6) is -0.393. The molecule has 0 radical (unpaired) electrons. The monoisotopic (exact) mass is 553 g/mol. The molecule has 204 valence electrons. The minimum Gasteiger partial charge on any atom is -0.425 e. The van der Waals surface area contributed by atoms with Gasteiger partial charge in [0.25, 0.3) is 0 Å². The lowest BCUT2D eigenvalue weighted by Crippen LogP contribution is -2.44. The van der Waals surface area contributed by atoms with Gasteiger partial charge >= 0.3 is 6.09 Å². The van der Waals surface area contributed by atoms with E-state index < -0.39 is 18.1 Å². The van der Waals surface area contributed by atoms with Crippen molar-refractivity contribution in [3.8, 4) is 0 Å². The molecule has 2 aromatic carbocycles. The molecule has 1 saturated carbocycles. The Hall–Kier alpha value is -3.92. The molecule has 2 N–H and O–H groups in total. The van der Waals surface area contributed by atoms with E-state index in [-0.39, 0.29) is 47.3 Å². The number of nitrogens with zero attached hydrogens (tertiary/aromatic N) is 3. The van der Waals surface area contributed by atoms with Crippen molar-refractivity contribution in [3.05, 3.63) is 70.1 Å². The highest BCUT2D eigenvalue weighted by Gasteiger charge is 2.55. The Morgan fingerprint density at radius 2 is 1.97 bits per heavy atom. The number of piperidine rings is 1. The highest BCUT2D eigenvalue weighted by Crippen LogP contribution is 2.48. The van der Waals surface area contributed by atoms with E-state index >= 15 is 0 Å². The van der Waals surface area contributed by atoms with Crippen LogP contribution in [0, 0.1) is 17.1 Å². The lowest BCUT2D eigenvalue weighted by molar-refractivity contribution is -0.140. The van der Waals surface area contributed by atoms with Gasteiger partial charge in [0, 0.05) is 66.9 Å². The molecule has 3 aromatic rings. The second kappa shape index (κ2) is 10.3. The molecule has 1 aliphatic heterocycles. The zero-order chi connectivity index (χ0) is 28.0.